The highest BCUT2D eigenvalue weighted by Crippen LogP contribution is 2.17. The highest BCUT2D eigenvalue weighted by atomic mass is 35.5. The normalized spacial score (nSPS) is 10.7. The number of para-hydroxylation sites is 1. The maximum atomic E-state index is 12.1. The minimum atomic E-state index is -0.463. The van der Waals surface area contributed by atoms with Crippen LogP contribution in [-0.4, -0.2) is 13.0 Å². The summed E-state index contributed by atoms with van der Waals surface area (Å²) >= 11 is 6.05. The second-order valence-electron chi connectivity index (χ2n) is 5.14. The van der Waals surface area contributed by atoms with Crippen LogP contribution >= 0.6 is 11.6 Å². The van der Waals surface area contributed by atoms with Crippen LogP contribution in [0.25, 0.3) is 0 Å². The third kappa shape index (κ3) is 5.27. The fraction of sp³-hybridized carbons (Fsp3) is 0.158. The van der Waals surface area contributed by atoms with Gasteiger partial charge in [0.2, 0.25) is 0 Å². The van der Waals surface area contributed by atoms with Crippen LogP contribution in [0.15, 0.2) is 60.3 Å². The zero-order valence-electron chi connectivity index (χ0n) is 13.8. The molecule has 0 saturated carbocycles. The molecule has 6 heteroatoms. The Bertz CT molecular complexity index is 812. The Balaban J connectivity index is 1.94. The van der Waals surface area contributed by atoms with E-state index in [1.807, 2.05) is 48.5 Å². The number of carbonyl (C=O) groups excluding carboxylic acids is 1. The molecule has 128 valence electrons. The summed E-state index contributed by atoms with van der Waals surface area (Å²) < 4.78 is 5.26. The number of rotatable bonds is 7. The van der Waals surface area contributed by atoms with Crippen LogP contribution in [-0.2, 0) is 17.9 Å². The Morgan fingerprint density at radius 1 is 1.16 bits per heavy atom. The van der Waals surface area contributed by atoms with Crippen molar-refractivity contribution in [2.45, 2.75) is 13.1 Å². The highest BCUT2D eigenvalue weighted by molar-refractivity contribution is 6.31. The summed E-state index contributed by atoms with van der Waals surface area (Å²) in [5.41, 5.74) is 1.70. The fourth-order valence-corrected chi connectivity index (χ4v) is 2.38. The second kappa shape index (κ2) is 9.36. The van der Waals surface area contributed by atoms with E-state index in [-0.39, 0.29) is 12.1 Å². The van der Waals surface area contributed by atoms with Crippen LogP contribution in [0.5, 0.6) is 5.75 Å². The first-order valence-electron chi connectivity index (χ1n) is 7.63. The summed E-state index contributed by atoms with van der Waals surface area (Å²) in [6, 6.07) is 16.6. The molecule has 0 saturated heterocycles. The van der Waals surface area contributed by atoms with Gasteiger partial charge in [-0.15, -0.1) is 0 Å². The van der Waals surface area contributed by atoms with Crippen molar-refractivity contribution in [2.24, 2.45) is 0 Å². The lowest BCUT2D eigenvalue weighted by Crippen LogP contribution is -2.25. The molecule has 0 aromatic heterocycles. The third-order valence-corrected chi connectivity index (χ3v) is 3.86. The molecule has 0 aliphatic carbocycles. The molecule has 0 fully saturated rings. The van der Waals surface area contributed by atoms with E-state index in [0.29, 0.717) is 11.6 Å². The SMILES string of the molecule is COc1ccccc1CN/C=C(/C#N)C(=O)NCc1ccccc1Cl. The van der Waals surface area contributed by atoms with E-state index in [4.69, 9.17) is 16.3 Å². The summed E-state index contributed by atoms with van der Waals surface area (Å²) in [4.78, 5) is 12.1. The van der Waals surface area contributed by atoms with Crippen LogP contribution < -0.4 is 15.4 Å². The quantitative estimate of drug-likeness (QED) is 0.591. The van der Waals surface area contributed by atoms with Crippen molar-refractivity contribution in [1.82, 2.24) is 10.6 Å². The molecule has 0 aliphatic heterocycles. The molecule has 0 radical (unpaired) electrons. The second-order valence-corrected chi connectivity index (χ2v) is 5.54. The Morgan fingerprint density at radius 3 is 2.52 bits per heavy atom. The zero-order chi connectivity index (χ0) is 18.1. The summed E-state index contributed by atoms with van der Waals surface area (Å²) in [5.74, 6) is 0.278. The van der Waals surface area contributed by atoms with Gasteiger partial charge in [0.25, 0.3) is 5.91 Å². The van der Waals surface area contributed by atoms with Crippen molar-refractivity contribution >= 4 is 17.5 Å². The number of ether oxygens (including phenoxy) is 1. The van der Waals surface area contributed by atoms with Gasteiger partial charge in [-0.1, -0.05) is 48.0 Å². The number of nitrogens with one attached hydrogen (secondary N) is 2. The standard InChI is InChI=1S/C19H18ClN3O2/c1-25-18-9-5-3-7-15(18)11-22-12-16(10-21)19(24)23-13-14-6-2-4-8-17(14)20/h2-9,12,22H,11,13H2,1H3,(H,23,24)/b16-12-. The van der Waals surface area contributed by atoms with Crippen LogP contribution in [0.4, 0.5) is 0 Å². The average molecular weight is 356 g/mol. The molecule has 0 spiro atoms. The summed E-state index contributed by atoms with van der Waals surface area (Å²) in [6.07, 6.45) is 1.40. The summed E-state index contributed by atoms with van der Waals surface area (Å²) in [7, 11) is 1.59. The summed E-state index contributed by atoms with van der Waals surface area (Å²) in [5, 5.41) is 15.4. The molecule has 2 rings (SSSR count). The van der Waals surface area contributed by atoms with Gasteiger partial charge in [0.15, 0.2) is 0 Å². The maximum absolute atomic E-state index is 12.1. The average Bonchev–Trinajstić information content (AvgIpc) is 2.64. The Labute approximate surface area is 151 Å². The Kier molecular flexibility index (Phi) is 6.87. The Hall–Kier alpha value is -2.97. The van der Waals surface area contributed by atoms with Gasteiger partial charge in [-0.05, 0) is 17.7 Å². The van der Waals surface area contributed by atoms with E-state index < -0.39 is 5.91 Å². The van der Waals surface area contributed by atoms with Gasteiger partial charge in [-0.2, -0.15) is 5.26 Å². The lowest BCUT2D eigenvalue weighted by molar-refractivity contribution is -0.117. The molecule has 0 aliphatic rings. The third-order valence-electron chi connectivity index (χ3n) is 3.49. The number of methoxy groups -OCH3 is 1. The van der Waals surface area contributed by atoms with Crippen LogP contribution in [0.2, 0.25) is 5.02 Å². The van der Waals surface area contributed by atoms with Crippen molar-refractivity contribution in [3.63, 3.8) is 0 Å². The van der Waals surface area contributed by atoms with E-state index in [2.05, 4.69) is 10.6 Å². The van der Waals surface area contributed by atoms with Crippen LogP contribution in [0, 0.1) is 11.3 Å². The first kappa shape index (κ1) is 18.4. The smallest absolute Gasteiger partial charge is 0.263 e. The Morgan fingerprint density at radius 2 is 1.84 bits per heavy atom. The molecule has 2 N–H and O–H groups in total. The van der Waals surface area contributed by atoms with Gasteiger partial charge in [-0.25, -0.2) is 0 Å². The monoisotopic (exact) mass is 355 g/mol. The van der Waals surface area contributed by atoms with E-state index in [1.165, 1.54) is 6.20 Å². The molecule has 25 heavy (non-hydrogen) atoms. The molecule has 5 nitrogen and oxygen atoms in total. The number of carbonyl (C=O) groups is 1. The molecule has 2 aromatic carbocycles. The number of halogens is 1. The van der Waals surface area contributed by atoms with Crippen molar-refractivity contribution in [1.29, 1.82) is 5.26 Å². The molecule has 0 atom stereocenters. The van der Waals surface area contributed by atoms with Crippen molar-refractivity contribution in [3.05, 3.63) is 76.5 Å². The number of benzene rings is 2. The molecular formula is C19H18ClN3O2. The molecule has 0 unspecified atom stereocenters. The predicted molar refractivity (Wildman–Crippen MR) is 96.8 cm³/mol. The summed E-state index contributed by atoms with van der Waals surface area (Å²) in [6.45, 7) is 0.691. The van der Waals surface area contributed by atoms with Gasteiger partial charge in [0.05, 0.1) is 7.11 Å². The first-order valence-corrected chi connectivity index (χ1v) is 8.00. The molecule has 0 heterocycles. The fourth-order valence-electron chi connectivity index (χ4n) is 2.17. The number of hydrogen-bond acceptors (Lipinski definition) is 4. The van der Waals surface area contributed by atoms with E-state index >= 15 is 0 Å². The minimum Gasteiger partial charge on any atom is -0.496 e. The number of hydrogen-bond donors (Lipinski definition) is 2. The predicted octanol–water partition coefficient (Wildman–Crippen LogP) is 3.16. The van der Waals surface area contributed by atoms with E-state index in [0.717, 1.165) is 16.9 Å². The van der Waals surface area contributed by atoms with Gasteiger partial charge in [0.1, 0.15) is 17.4 Å². The van der Waals surface area contributed by atoms with E-state index in [9.17, 15) is 10.1 Å². The molecule has 0 bridgehead atoms. The van der Waals surface area contributed by atoms with Crippen LogP contribution in [0.3, 0.4) is 0 Å². The maximum Gasteiger partial charge on any atom is 0.263 e. The van der Waals surface area contributed by atoms with Crippen molar-refractivity contribution in [2.75, 3.05) is 7.11 Å². The molecule has 2 aromatic rings. The number of nitrogens with zero attached hydrogens (tertiary/aromatic N) is 1. The van der Waals surface area contributed by atoms with Gasteiger partial charge < -0.3 is 15.4 Å². The largest absolute Gasteiger partial charge is 0.496 e. The topological polar surface area (TPSA) is 74.1 Å². The van der Waals surface area contributed by atoms with E-state index in [1.54, 1.807) is 13.2 Å². The number of amides is 1. The lowest BCUT2D eigenvalue weighted by atomic mass is 10.2. The van der Waals surface area contributed by atoms with Crippen molar-refractivity contribution in [3.8, 4) is 11.8 Å². The number of nitriles is 1. The molecule has 1 amide bonds. The van der Waals surface area contributed by atoms with Crippen molar-refractivity contribution < 1.29 is 9.53 Å². The highest BCUT2D eigenvalue weighted by Gasteiger charge is 2.09. The minimum absolute atomic E-state index is 0.0121. The first-order chi connectivity index (χ1) is 12.2. The van der Waals surface area contributed by atoms with Gasteiger partial charge in [-0.3, -0.25) is 4.79 Å². The van der Waals surface area contributed by atoms with Gasteiger partial charge >= 0.3 is 0 Å². The van der Waals surface area contributed by atoms with Gasteiger partial charge in [0, 0.05) is 29.9 Å². The zero-order valence-corrected chi connectivity index (χ0v) is 14.5. The lowest BCUT2D eigenvalue weighted by Gasteiger charge is -2.09. The molecular weight excluding hydrogens is 338 g/mol. The van der Waals surface area contributed by atoms with Crippen LogP contribution in [0.1, 0.15) is 11.1 Å².